The number of benzene rings is 1. The number of hydrogen-bond acceptors (Lipinski definition) is 4. The van der Waals surface area contributed by atoms with Gasteiger partial charge in [-0.1, -0.05) is 12.1 Å². The summed E-state index contributed by atoms with van der Waals surface area (Å²) in [4.78, 5) is 12.0. The zero-order valence-electron chi connectivity index (χ0n) is 12.4. The Labute approximate surface area is 128 Å². The number of furan rings is 1. The third-order valence-electron chi connectivity index (χ3n) is 3.02. The average molecular weight is 296 g/mol. The van der Waals surface area contributed by atoms with Crippen LogP contribution in [0.3, 0.4) is 0 Å². The molecule has 22 heavy (non-hydrogen) atoms. The molecular formula is C17H16N2O3. The van der Waals surface area contributed by atoms with Crippen LogP contribution in [-0.2, 0) is 11.3 Å². The van der Waals surface area contributed by atoms with E-state index in [2.05, 4.69) is 5.32 Å². The molecule has 0 fully saturated rings. The van der Waals surface area contributed by atoms with Gasteiger partial charge in [-0.15, -0.1) is 0 Å². The number of hydrogen-bond donors (Lipinski definition) is 1. The van der Waals surface area contributed by atoms with Gasteiger partial charge in [0.2, 0.25) is 0 Å². The fourth-order valence-corrected chi connectivity index (χ4v) is 1.84. The highest BCUT2D eigenvalue weighted by Crippen LogP contribution is 2.12. The van der Waals surface area contributed by atoms with Crippen molar-refractivity contribution < 1.29 is 13.9 Å². The number of nitrogens with one attached hydrogen (secondary N) is 1. The van der Waals surface area contributed by atoms with Crippen LogP contribution < -0.4 is 10.1 Å². The maximum absolute atomic E-state index is 12.0. The lowest BCUT2D eigenvalue weighted by Crippen LogP contribution is -2.23. The number of nitrogens with zero attached hydrogens (tertiary/aromatic N) is 1. The molecule has 0 atom stereocenters. The Morgan fingerprint density at radius 3 is 2.59 bits per heavy atom. The molecule has 2 rings (SSSR count). The van der Waals surface area contributed by atoms with E-state index in [9.17, 15) is 4.79 Å². The van der Waals surface area contributed by atoms with Gasteiger partial charge in [-0.3, -0.25) is 4.79 Å². The summed E-state index contributed by atoms with van der Waals surface area (Å²) in [5.74, 6) is 1.52. The molecule has 0 aliphatic carbocycles. The van der Waals surface area contributed by atoms with E-state index in [4.69, 9.17) is 14.4 Å². The third-order valence-corrected chi connectivity index (χ3v) is 3.02. The molecule has 112 valence electrons. The zero-order chi connectivity index (χ0) is 15.9. The molecular weight excluding hydrogens is 280 g/mol. The van der Waals surface area contributed by atoms with Crippen LogP contribution in [0.5, 0.6) is 5.75 Å². The van der Waals surface area contributed by atoms with Crippen LogP contribution in [0.4, 0.5) is 0 Å². The summed E-state index contributed by atoms with van der Waals surface area (Å²) in [6, 6.07) is 12.7. The first-order chi connectivity index (χ1) is 10.6. The molecule has 0 spiro atoms. The number of methoxy groups -OCH3 is 1. The molecule has 1 heterocycles. The van der Waals surface area contributed by atoms with Gasteiger partial charge in [0.15, 0.2) is 0 Å². The molecule has 0 aliphatic heterocycles. The highest BCUT2D eigenvalue weighted by Gasteiger charge is 2.10. The monoisotopic (exact) mass is 296 g/mol. The number of carbonyl (C=O) groups is 1. The standard InChI is InChI=1S/C17H16N2O3/c1-12-3-6-16(22-12)9-14(10-18)17(20)19-11-13-4-7-15(21-2)8-5-13/h3-9H,11H2,1-2H3,(H,19,20)/b14-9-. The molecule has 5 nitrogen and oxygen atoms in total. The average Bonchev–Trinajstić information content (AvgIpc) is 2.96. The first kappa shape index (κ1) is 15.4. The van der Waals surface area contributed by atoms with Crippen LogP contribution in [-0.4, -0.2) is 13.0 Å². The Morgan fingerprint density at radius 1 is 1.32 bits per heavy atom. The van der Waals surface area contributed by atoms with Crippen molar-refractivity contribution >= 4 is 12.0 Å². The molecule has 2 aromatic rings. The van der Waals surface area contributed by atoms with Gasteiger partial charge in [-0.05, 0) is 36.8 Å². The number of aryl methyl sites for hydroxylation is 1. The number of ether oxygens (including phenoxy) is 1. The minimum atomic E-state index is -0.438. The molecule has 0 bridgehead atoms. The van der Waals surface area contributed by atoms with Crippen molar-refractivity contribution in [2.24, 2.45) is 0 Å². The lowest BCUT2D eigenvalue weighted by molar-refractivity contribution is -0.117. The Bertz CT molecular complexity index is 721. The van der Waals surface area contributed by atoms with Gasteiger partial charge in [-0.25, -0.2) is 0 Å². The van der Waals surface area contributed by atoms with Crippen LogP contribution in [0.25, 0.3) is 6.08 Å². The second-order valence-electron chi connectivity index (χ2n) is 4.65. The van der Waals surface area contributed by atoms with Crippen molar-refractivity contribution in [3.05, 3.63) is 59.1 Å². The van der Waals surface area contributed by atoms with Gasteiger partial charge in [-0.2, -0.15) is 5.26 Å². The van der Waals surface area contributed by atoms with Crippen LogP contribution in [0.15, 0.2) is 46.4 Å². The van der Waals surface area contributed by atoms with Gasteiger partial charge >= 0.3 is 0 Å². The maximum Gasteiger partial charge on any atom is 0.262 e. The summed E-state index contributed by atoms with van der Waals surface area (Å²) < 4.78 is 10.4. The van der Waals surface area contributed by atoms with Gasteiger partial charge in [0.25, 0.3) is 5.91 Å². The number of nitriles is 1. The largest absolute Gasteiger partial charge is 0.497 e. The quantitative estimate of drug-likeness (QED) is 0.680. The molecule has 0 aliphatic rings. The predicted molar refractivity (Wildman–Crippen MR) is 81.9 cm³/mol. The second-order valence-corrected chi connectivity index (χ2v) is 4.65. The van der Waals surface area contributed by atoms with Crippen molar-refractivity contribution in [2.45, 2.75) is 13.5 Å². The van der Waals surface area contributed by atoms with E-state index in [1.165, 1.54) is 6.08 Å². The van der Waals surface area contributed by atoms with E-state index < -0.39 is 5.91 Å². The Morgan fingerprint density at radius 2 is 2.05 bits per heavy atom. The Balaban J connectivity index is 2.00. The van der Waals surface area contributed by atoms with Crippen molar-refractivity contribution in [2.75, 3.05) is 7.11 Å². The van der Waals surface area contributed by atoms with Gasteiger partial charge in [0.1, 0.15) is 28.9 Å². The van der Waals surface area contributed by atoms with E-state index in [0.717, 1.165) is 17.1 Å². The lowest BCUT2D eigenvalue weighted by atomic mass is 10.2. The maximum atomic E-state index is 12.0. The van der Waals surface area contributed by atoms with Crippen LogP contribution in [0.1, 0.15) is 17.1 Å². The highest BCUT2D eigenvalue weighted by molar-refractivity contribution is 6.01. The highest BCUT2D eigenvalue weighted by atomic mass is 16.5. The predicted octanol–water partition coefficient (Wildman–Crippen LogP) is 2.82. The van der Waals surface area contributed by atoms with Gasteiger partial charge in [0, 0.05) is 12.6 Å². The van der Waals surface area contributed by atoms with Crippen LogP contribution in [0, 0.1) is 18.3 Å². The smallest absolute Gasteiger partial charge is 0.262 e. The van der Waals surface area contributed by atoms with E-state index in [1.54, 1.807) is 26.2 Å². The van der Waals surface area contributed by atoms with Crippen LogP contribution in [0.2, 0.25) is 0 Å². The van der Waals surface area contributed by atoms with Crippen molar-refractivity contribution in [1.29, 1.82) is 5.26 Å². The fourth-order valence-electron chi connectivity index (χ4n) is 1.84. The SMILES string of the molecule is COc1ccc(CNC(=O)/C(C#N)=C\c2ccc(C)o2)cc1. The number of amides is 1. The number of carbonyl (C=O) groups excluding carboxylic acids is 1. The van der Waals surface area contributed by atoms with E-state index >= 15 is 0 Å². The van der Waals surface area contributed by atoms with E-state index in [1.807, 2.05) is 30.3 Å². The molecule has 1 amide bonds. The molecule has 1 aromatic carbocycles. The van der Waals surface area contributed by atoms with E-state index in [0.29, 0.717) is 12.3 Å². The minimum Gasteiger partial charge on any atom is -0.497 e. The summed E-state index contributed by atoms with van der Waals surface area (Å²) in [6.45, 7) is 2.13. The van der Waals surface area contributed by atoms with Gasteiger partial charge < -0.3 is 14.5 Å². The molecule has 0 unspecified atom stereocenters. The summed E-state index contributed by atoms with van der Waals surface area (Å²) in [6.07, 6.45) is 1.43. The molecule has 1 N–H and O–H groups in total. The third kappa shape index (κ3) is 4.00. The number of rotatable bonds is 5. The summed E-state index contributed by atoms with van der Waals surface area (Å²) >= 11 is 0. The molecule has 0 saturated heterocycles. The zero-order valence-corrected chi connectivity index (χ0v) is 12.4. The van der Waals surface area contributed by atoms with Crippen molar-refractivity contribution in [1.82, 2.24) is 5.32 Å². The van der Waals surface area contributed by atoms with Crippen molar-refractivity contribution in [3.63, 3.8) is 0 Å². The Hall–Kier alpha value is -3.00. The fraction of sp³-hybridized carbons (Fsp3) is 0.176. The summed E-state index contributed by atoms with van der Waals surface area (Å²) in [7, 11) is 1.59. The first-order valence-corrected chi connectivity index (χ1v) is 6.71. The molecule has 0 saturated carbocycles. The second kappa shape index (κ2) is 7.14. The lowest BCUT2D eigenvalue weighted by Gasteiger charge is -2.05. The normalized spacial score (nSPS) is 10.9. The molecule has 5 heteroatoms. The first-order valence-electron chi connectivity index (χ1n) is 6.71. The van der Waals surface area contributed by atoms with Crippen molar-refractivity contribution in [3.8, 4) is 11.8 Å². The molecule has 0 radical (unpaired) electrons. The van der Waals surface area contributed by atoms with E-state index in [-0.39, 0.29) is 5.57 Å². The molecule has 1 aromatic heterocycles. The topological polar surface area (TPSA) is 75.3 Å². The Kier molecular flexibility index (Phi) is 4.99. The van der Waals surface area contributed by atoms with Crippen LogP contribution >= 0.6 is 0 Å². The minimum absolute atomic E-state index is 0.00265. The summed E-state index contributed by atoms with van der Waals surface area (Å²) in [5, 5.41) is 11.8. The van der Waals surface area contributed by atoms with Gasteiger partial charge in [0.05, 0.1) is 7.11 Å². The summed E-state index contributed by atoms with van der Waals surface area (Å²) in [5.41, 5.74) is 0.920.